The van der Waals surface area contributed by atoms with Crippen molar-refractivity contribution in [1.29, 1.82) is 0 Å². The van der Waals surface area contributed by atoms with Crippen molar-refractivity contribution in [3.63, 3.8) is 0 Å². The average molecular weight is 382 g/mol. The zero-order chi connectivity index (χ0) is 20.1. The number of anilines is 1. The van der Waals surface area contributed by atoms with E-state index in [1.165, 1.54) is 10.9 Å². The third-order valence-corrected chi connectivity index (χ3v) is 4.25. The van der Waals surface area contributed by atoms with E-state index >= 15 is 0 Å². The summed E-state index contributed by atoms with van der Waals surface area (Å²) in [7, 11) is 1.57. The molecule has 0 saturated carbocycles. The molecule has 146 valence electrons. The van der Waals surface area contributed by atoms with Crippen LogP contribution in [0.25, 0.3) is 10.9 Å². The Hall–Kier alpha value is -3.62. The number of hydrogen-bond acceptors (Lipinski definition) is 5. The van der Waals surface area contributed by atoms with Gasteiger partial charge in [0, 0.05) is 43.9 Å². The number of hydrogen-bond donors (Lipinski definition) is 2. The maximum absolute atomic E-state index is 12.2. The summed E-state index contributed by atoms with van der Waals surface area (Å²) in [5, 5.41) is 6.23. The zero-order valence-electron chi connectivity index (χ0n) is 16.0. The number of nitrogens with one attached hydrogen (secondary N) is 2. The van der Waals surface area contributed by atoms with Gasteiger partial charge in [-0.3, -0.25) is 9.88 Å². The van der Waals surface area contributed by atoms with Crippen LogP contribution in [0.15, 0.2) is 42.9 Å². The van der Waals surface area contributed by atoms with Gasteiger partial charge in [-0.15, -0.1) is 0 Å². The van der Waals surface area contributed by atoms with Crippen LogP contribution in [-0.4, -0.2) is 51.6 Å². The number of ether oxygens (including phenoxy) is 1. The summed E-state index contributed by atoms with van der Waals surface area (Å²) in [4.78, 5) is 33.9. The highest BCUT2D eigenvalue weighted by Gasteiger charge is 2.12. The highest BCUT2D eigenvalue weighted by atomic mass is 16.5. The number of carbonyl (C=O) groups excluding carboxylic acids is 2. The van der Waals surface area contributed by atoms with E-state index in [2.05, 4.69) is 20.6 Å². The molecule has 3 aromatic rings. The fraction of sp³-hybridized carbons (Fsp3) is 0.263. The Morgan fingerprint density at radius 1 is 1.14 bits per heavy atom. The molecule has 0 saturated heterocycles. The third-order valence-electron chi connectivity index (χ3n) is 4.25. The van der Waals surface area contributed by atoms with Gasteiger partial charge in [0.05, 0.1) is 5.52 Å². The summed E-state index contributed by atoms with van der Waals surface area (Å²) in [6.45, 7) is 5.01. The van der Waals surface area contributed by atoms with Crippen LogP contribution in [0.1, 0.15) is 13.8 Å². The van der Waals surface area contributed by atoms with Crippen molar-refractivity contribution in [2.75, 3.05) is 25.5 Å². The molecule has 0 aliphatic heterocycles. The first-order valence-electron chi connectivity index (χ1n) is 8.94. The second-order valence-electron chi connectivity index (χ2n) is 5.91. The lowest BCUT2D eigenvalue weighted by Crippen LogP contribution is -2.34. The summed E-state index contributed by atoms with van der Waals surface area (Å²) in [6, 6.07) is 8.31. The largest absolute Gasteiger partial charge is 0.439 e. The average Bonchev–Trinajstić information content (AvgIpc) is 3.12. The Morgan fingerprint density at radius 2 is 1.93 bits per heavy atom. The molecule has 0 unspecified atom stereocenters. The van der Waals surface area contributed by atoms with Gasteiger partial charge in [0.1, 0.15) is 17.9 Å². The molecule has 0 aliphatic rings. The molecule has 2 heterocycles. The molecule has 0 fully saturated rings. The van der Waals surface area contributed by atoms with Gasteiger partial charge >= 0.3 is 12.1 Å². The molecule has 9 nitrogen and oxygen atoms in total. The number of carbonyl (C=O) groups is 2. The van der Waals surface area contributed by atoms with Crippen LogP contribution in [0.4, 0.5) is 15.4 Å². The molecule has 0 bridgehead atoms. The van der Waals surface area contributed by atoms with E-state index in [9.17, 15) is 9.59 Å². The van der Waals surface area contributed by atoms with Gasteiger partial charge in [0.25, 0.3) is 0 Å². The highest BCUT2D eigenvalue weighted by Crippen LogP contribution is 2.26. The van der Waals surface area contributed by atoms with Crippen molar-refractivity contribution in [3.05, 3.63) is 42.9 Å². The molecule has 3 rings (SSSR count). The number of urea groups is 1. The van der Waals surface area contributed by atoms with E-state index in [4.69, 9.17) is 4.74 Å². The Morgan fingerprint density at radius 3 is 2.64 bits per heavy atom. The second kappa shape index (κ2) is 8.38. The molecule has 2 N–H and O–H groups in total. The van der Waals surface area contributed by atoms with Crippen molar-refractivity contribution >= 4 is 28.8 Å². The minimum atomic E-state index is -0.240. The quantitative estimate of drug-likeness (QED) is 0.705. The molecule has 0 atom stereocenters. The van der Waals surface area contributed by atoms with Gasteiger partial charge < -0.3 is 15.0 Å². The van der Waals surface area contributed by atoms with Crippen molar-refractivity contribution in [2.45, 2.75) is 13.8 Å². The fourth-order valence-electron chi connectivity index (χ4n) is 2.75. The van der Waals surface area contributed by atoms with Gasteiger partial charge in [-0.1, -0.05) is 0 Å². The first-order chi connectivity index (χ1) is 13.5. The van der Waals surface area contributed by atoms with Gasteiger partial charge in [-0.2, -0.15) is 0 Å². The first kappa shape index (κ1) is 19.2. The minimum absolute atomic E-state index is 0.237. The molecule has 1 aromatic carbocycles. The molecule has 28 heavy (non-hydrogen) atoms. The monoisotopic (exact) mass is 382 g/mol. The molecule has 2 aromatic heterocycles. The molecule has 0 spiro atoms. The molecule has 3 amide bonds. The summed E-state index contributed by atoms with van der Waals surface area (Å²) >= 11 is 0. The van der Waals surface area contributed by atoms with E-state index < -0.39 is 0 Å². The van der Waals surface area contributed by atoms with Crippen LogP contribution in [-0.2, 0) is 0 Å². The van der Waals surface area contributed by atoms with Crippen LogP contribution < -0.4 is 15.4 Å². The topological polar surface area (TPSA) is 101 Å². The maximum atomic E-state index is 12.2. The van der Waals surface area contributed by atoms with Gasteiger partial charge in [0.15, 0.2) is 0 Å². The molecule has 9 heteroatoms. The number of fused-ring (bicyclic) bond motifs is 1. The van der Waals surface area contributed by atoms with E-state index in [-0.39, 0.29) is 17.9 Å². The molecule has 0 aliphatic carbocycles. The van der Waals surface area contributed by atoms with E-state index in [1.54, 1.807) is 36.3 Å². The lowest BCUT2D eigenvalue weighted by atomic mass is 10.2. The highest BCUT2D eigenvalue weighted by molar-refractivity contribution is 5.92. The normalized spacial score (nSPS) is 10.5. The summed E-state index contributed by atoms with van der Waals surface area (Å²) < 4.78 is 7.30. The number of rotatable bonds is 5. The van der Waals surface area contributed by atoms with Crippen molar-refractivity contribution in [2.24, 2.45) is 0 Å². The number of amides is 3. The van der Waals surface area contributed by atoms with Gasteiger partial charge in [-0.25, -0.2) is 19.6 Å². The van der Waals surface area contributed by atoms with Gasteiger partial charge in [0.2, 0.25) is 5.88 Å². The molecular formula is C19H22N6O3. The second-order valence-corrected chi connectivity index (χ2v) is 5.91. The van der Waals surface area contributed by atoms with Crippen molar-refractivity contribution in [3.8, 4) is 11.6 Å². The molecular weight excluding hydrogens is 360 g/mol. The predicted molar refractivity (Wildman–Crippen MR) is 106 cm³/mol. The van der Waals surface area contributed by atoms with E-state index in [0.29, 0.717) is 30.2 Å². The Bertz CT molecular complexity index is 996. The van der Waals surface area contributed by atoms with Crippen LogP contribution in [0.5, 0.6) is 11.6 Å². The zero-order valence-corrected chi connectivity index (χ0v) is 16.0. The SMILES string of the molecule is CCN(CC)C(=O)Nc1cc(Oc2ccc3ccn(C(=O)NC)c3c2)ncn1. The first-order valence-corrected chi connectivity index (χ1v) is 8.94. The van der Waals surface area contributed by atoms with E-state index in [0.717, 1.165) is 5.39 Å². The molecule has 0 radical (unpaired) electrons. The lowest BCUT2D eigenvalue weighted by Gasteiger charge is -2.18. The van der Waals surface area contributed by atoms with Crippen LogP contribution in [0.3, 0.4) is 0 Å². The lowest BCUT2D eigenvalue weighted by molar-refractivity contribution is 0.217. The number of benzene rings is 1. The Kier molecular flexibility index (Phi) is 5.73. The van der Waals surface area contributed by atoms with Crippen LogP contribution >= 0.6 is 0 Å². The number of aromatic nitrogens is 3. The van der Waals surface area contributed by atoms with Crippen LogP contribution in [0.2, 0.25) is 0 Å². The Balaban J connectivity index is 1.80. The summed E-state index contributed by atoms with van der Waals surface area (Å²) in [5.41, 5.74) is 0.709. The maximum Gasteiger partial charge on any atom is 0.325 e. The minimum Gasteiger partial charge on any atom is -0.439 e. The number of nitrogens with zero attached hydrogens (tertiary/aromatic N) is 4. The predicted octanol–water partition coefficient (Wildman–Crippen LogP) is 3.28. The standard InChI is InChI=1S/C19H22N6O3/c1-4-24(5-2)19(27)23-16-11-17(22-12-21-16)28-14-7-6-13-8-9-25(15(13)10-14)18(26)20-3/h6-12H,4-5H2,1-3H3,(H,20,26)(H,21,22,23,27). The Labute approximate surface area is 162 Å². The smallest absolute Gasteiger partial charge is 0.325 e. The van der Waals surface area contributed by atoms with Gasteiger partial charge in [-0.05, 0) is 32.0 Å². The van der Waals surface area contributed by atoms with Crippen LogP contribution in [0, 0.1) is 0 Å². The van der Waals surface area contributed by atoms with E-state index in [1.807, 2.05) is 26.0 Å². The third kappa shape index (κ3) is 4.03. The van der Waals surface area contributed by atoms with Crippen molar-refractivity contribution < 1.29 is 14.3 Å². The summed E-state index contributed by atoms with van der Waals surface area (Å²) in [5.74, 6) is 1.13. The summed E-state index contributed by atoms with van der Waals surface area (Å²) in [6.07, 6.45) is 3.01. The van der Waals surface area contributed by atoms with Crippen molar-refractivity contribution in [1.82, 2.24) is 24.8 Å². The fourth-order valence-corrected chi connectivity index (χ4v) is 2.75.